The van der Waals surface area contributed by atoms with Gasteiger partial charge < -0.3 is 0 Å². The lowest BCUT2D eigenvalue weighted by Crippen LogP contribution is -2.25. The summed E-state index contributed by atoms with van der Waals surface area (Å²) in [6.07, 6.45) is 15.0. The predicted octanol–water partition coefficient (Wildman–Crippen LogP) is 19.2. The highest BCUT2D eigenvalue weighted by atomic mass is 14.5. The summed E-state index contributed by atoms with van der Waals surface area (Å²) in [4.78, 5) is 0. The van der Waals surface area contributed by atoms with Crippen LogP contribution in [0.25, 0.3) is 27.8 Å². The smallest absolute Gasteiger partial charge is 0.0158 e. The molecule has 4 aliphatic carbocycles. The van der Waals surface area contributed by atoms with Gasteiger partial charge in [0.25, 0.3) is 0 Å². The zero-order valence-electron chi connectivity index (χ0n) is 44.0. The van der Waals surface area contributed by atoms with Crippen molar-refractivity contribution < 1.29 is 0 Å². The van der Waals surface area contributed by atoms with Crippen molar-refractivity contribution in [2.45, 2.75) is 132 Å². The zero-order chi connectivity index (χ0) is 49.3. The summed E-state index contributed by atoms with van der Waals surface area (Å²) < 4.78 is 0. The van der Waals surface area contributed by atoms with Crippen LogP contribution >= 0.6 is 0 Å². The van der Waals surface area contributed by atoms with Crippen LogP contribution in [0.2, 0.25) is 0 Å². The first-order valence-electron chi connectivity index (χ1n) is 25.9. The molecular weight excluding hydrogens is 829 g/mol. The molecule has 69 heavy (non-hydrogen) atoms. The topological polar surface area (TPSA) is 0 Å². The van der Waals surface area contributed by atoms with Crippen LogP contribution in [0.5, 0.6) is 0 Å². The lowest BCUT2D eigenvalue weighted by atomic mass is 9.74. The van der Waals surface area contributed by atoms with E-state index in [4.69, 9.17) is 0 Å². The summed E-state index contributed by atoms with van der Waals surface area (Å²) >= 11 is 0. The Morgan fingerprint density at radius 2 is 1.22 bits per heavy atom. The molecule has 0 radical (unpaired) electrons. The molecule has 0 saturated carbocycles. The van der Waals surface area contributed by atoms with Gasteiger partial charge in [0.05, 0.1) is 0 Å². The van der Waals surface area contributed by atoms with Crippen molar-refractivity contribution in [3.8, 4) is 22.3 Å². The first-order chi connectivity index (χ1) is 33.3. The van der Waals surface area contributed by atoms with Crippen molar-refractivity contribution >= 4 is 5.57 Å². The van der Waals surface area contributed by atoms with E-state index >= 15 is 0 Å². The largest absolute Gasteiger partial charge is 0.0910 e. The number of fused-ring (bicyclic) bond motifs is 6. The minimum Gasteiger partial charge on any atom is -0.0910 e. The maximum atomic E-state index is 2.45. The Kier molecular flexibility index (Phi) is 16.5. The van der Waals surface area contributed by atoms with Gasteiger partial charge in [0.2, 0.25) is 0 Å². The number of benzene rings is 7. The quantitative estimate of drug-likeness (QED) is 0.151. The highest BCUT2D eigenvalue weighted by Gasteiger charge is 2.43. The molecule has 0 amide bonds. The minimum absolute atomic E-state index is 0.0468. The van der Waals surface area contributed by atoms with E-state index in [2.05, 4.69) is 215 Å². The lowest BCUT2D eigenvalue weighted by molar-refractivity contribution is 0.318. The highest BCUT2D eigenvalue weighted by molar-refractivity contribution is 5.86. The molecule has 7 aromatic rings. The molecule has 7 aromatic carbocycles. The fourth-order valence-electron chi connectivity index (χ4n) is 11.5. The molecule has 11 rings (SSSR count). The monoisotopic (exact) mass is 907 g/mol. The lowest BCUT2D eigenvalue weighted by Gasteiger charge is -2.29. The molecule has 0 aliphatic heterocycles. The van der Waals surface area contributed by atoms with Crippen molar-refractivity contribution in [3.05, 3.63) is 254 Å². The molecule has 0 spiro atoms. The maximum Gasteiger partial charge on any atom is 0.0158 e. The van der Waals surface area contributed by atoms with Crippen LogP contribution < -0.4 is 0 Å². The molecule has 0 N–H and O–H groups in total. The second kappa shape index (κ2) is 22.5. The third-order valence-electron chi connectivity index (χ3n) is 15.0. The van der Waals surface area contributed by atoms with Gasteiger partial charge in [-0.25, -0.2) is 0 Å². The molecule has 0 aromatic heterocycles. The molecule has 0 bridgehead atoms. The molecular formula is C69H78. The molecule has 2 unspecified atom stereocenters. The minimum atomic E-state index is 0.0468. The van der Waals surface area contributed by atoms with Crippen LogP contribution in [0.3, 0.4) is 0 Å². The van der Waals surface area contributed by atoms with Gasteiger partial charge in [-0.05, 0) is 150 Å². The van der Waals surface area contributed by atoms with E-state index in [1.165, 1.54) is 103 Å². The summed E-state index contributed by atoms with van der Waals surface area (Å²) in [6.45, 7) is 26.6. The Bertz CT molecular complexity index is 2890. The van der Waals surface area contributed by atoms with Gasteiger partial charge in [-0.2, -0.15) is 0 Å². The van der Waals surface area contributed by atoms with E-state index in [9.17, 15) is 0 Å². The Labute approximate surface area is 418 Å². The molecule has 4 aliphatic rings. The van der Waals surface area contributed by atoms with E-state index in [1.807, 2.05) is 50.2 Å². The zero-order valence-corrected chi connectivity index (χ0v) is 44.0. The number of hydrogen-bond donors (Lipinski definition) is 0. The average molecular weight is 907 g/mol. The van der Waals surface area contributed by atoms with Crippen molar-refractivity contribution in [2.75, 3.05) is 0 Å². The molecule has 0 nitrogen and oxygen atoms in total. The Morgan fingerprint density at radius 3 is 1.87 bits per heavy atom. The first kappa shape index (κ1) is 50.6. The Hall–Kier alpha value is -6.24. The van der Waals surface area contributed by atoms with Gasteiger partial charge in [0.15, 0.2) is 0 Å². The van der Waals surface area contributed by atoms with E-state index in [1.54, 1.807) is 16.7 Å². The second-order valence-electron chi connectivity index (χ2n) is 20.6. The summed E-state index contributed by atoms with van der Waals surface area (Å²) in [5.74, 6) is 1.34. The van der Waals surface area contributed by atoms with Crippen LogP contribution in [0.4, 0.5) is 0 Å². The van der Waals surface area contributed by atoms with Crippen molar-refractivity contribution in [1.29, 1.82) is 0 Å². The number of allylic oxidation sites excluding steroid dienone is 6. The summed E-state index contributed by atoms with van der Waals surface area (Å²) in [5.41, 5.74) is 26.0. The summed E-state index contributed by atoms with van der Waals surface area (Å²) in [5, 5.41) is 0. The van der Waals surface area contributed by atoms with Crippen molar-refractivity contribution in [3.63, 3.8) is 0 Å². The first-order valence-corrected chi connectivity index (χ1v) is 25.9. The predicted molar refractivity (Wildman–Crippen MR) is 302 cm³/mol. The second-order valence-corrected chi connectivity index (χ2v) is 20.6. The number of rotatable bonds is 5. The van der Waals surface area contributed by atoms with E-state index in [-0.39, 0.29) is 5.41 Å². The Morgan fingerprint density at radius 1 is 0.551 bits per heavy atom. The third-order valence-corrected chi connectivity index (χ3v) is 15.0. The van der Waals surface area contributed by atoms with Gasteiger partial charge in [-0.1, -0.05) is 259 Å². The maximum absolute atomic E-state index is 2.45. The van der Waals surface area contributed by atoms with Crippen LogP contribution in [-0.4, -0.2) is 0 Å². The van der Waals surface area contributed by atoms with Crippen LogP contribution in [-0.2, 0) is 23.7 Å². The number of aryl methyl sites for hydroxylation is 4. The fraction of sp³-hybridized carbons (Fsp3) is 0.304. The molecule has 354 valence electrons. The Balaban J connectivity index is 0.000000174. The molecule has 0 heterocycles. The third kappa shape index (κ3) is 11.3. The van der Waals surface area contributed by atoms with Crippen molar-refractivity contribution in [1.82, 2.24) is 0 Å². The fourth-order valence-corrected chi connectivity index (χ4v) is 11.5. The van der Waals surface area contributed by atoms with Crippen LogP contribution in [0.1, 0.15) is 147 Å². The SMILES string of the molecule is C/C=C\C1c2ccc(C)cc2C(C)(C)C1CC.CC.Cc1cc(Cc2ccc3c(c2)C(C)(C)c2ccccc2-3)cc(-c2ccc3c(c2)C2=C(CCC=C2)C3)c1.Cc1ccccc1.Cc1ccccc1. The summed E-state index contributed by atoms with van der Waals surface area (Å²) in [6, 6.07) is 57.8. The van der Waals surface area contributed by atoms with Gasteiger partial charge >= 0.3 is 0 Å². The van der Waals surface area contributed by atoms with Crippen molar-refractivity contribution in [2.24, 2.45) is 5.92 Å². The normalized spacial score (nSPS) is 17.0. The number of hydrogen-bond acceptors (Lipinski definition) is 0. The molecule has 0 heteroatoms. The van der Waals surface area contributed by atoms with E-state index in [0.717, 1.165) is 18.8 Å². The van der Waals surface area contributed by atoms with E-state index < -0.39 is 0 Å². The average Bonchev–Trinajstić information content (AvgIpc) is 3.91. The molecule has 0 saturated heterocycles. The van der Waals surface area contributed by atoms with Crippen LogP contribution in [0, 0.1) is 33.6 Å². The molecule has 2 atom stereocenters. The standard InChI is InChI=1S/C36H32.C17H24.2C7H8.C2H6/c1-23-16-25(18-24-12-15-32-31-10-6-7-11-34(31)36(2,3)35(32)20-24)19-29(17-23)26-13-14-28-21-27-8-4-5-9-30(27)33(28)22-26;1-6-8-13-14-10-9-12(3)11-16(14)17(4,5)15(13)7-2;2*1-7-5-3-2-4-6-7;1-2/h5-7,9-17,19-20,22H,4,8,18,21H2,1-3H3;6,8-11,13,15H,7H2,1-5H3;2*2-6H,1H3;1-2H3/b;8-6-;;;. The van der Waals surface area contributed by atoms with Gasteiger partial charge in [-0.15, -0.1) is 0 Å². The van der Waals surface area contributed by atoms with Crippen LogP contribution in [0.15, 0.2) is 188 Å². The van der Waals surface area contributed by atoms with Gasteiger partial charge in [-0.3, -0.25) is 0 Å². The van der Waals surface area contributed by atoms with Gasteiger partial charge in [0, 0.05) is 11.3 Å². The molecule has 0 fully saturated rings. The van der Waals surface area contributed by atoms with E-state index in [0.29, 0.717) is 11.3 Å². The van der Waals surface area contributed by atoms with Gasteiger partial charge in [0.1, 0.15) is 0 Å². The summed E-state index contributed by atoms with van der Waals surface area (Å²) in [7, 11) is 0. The highest BCUT2D eigenvalue weighted by Crippen LogP contribution is 2.53.